The molecule has 0 unspecified atom stereocenters. The first kappa shape index (κ1) is 12.4. The molecule has 1 heterocycles. The SMILES string of the molecule is CN1CCC(F)(C(=O)[O-])CC1.[Na+]. The van der Waals surface area contributed by atoms with Crippen molar-refractivity contribution in [1.29, 1.82) is 0 Å². The van der Waals surface area contributed by atoms with Crippen LogP contribution in [0.5, 0.6) is 0 Å². The van der Waals surface area contributed by atoms with Crippen molar-refractivity contribution in [2.45, 2.75) is 18.5 Å². The van der Waals surface area contributed by atoms with Gasteiger partial charge in [0.05, 0.1) is 5.97 Å². The van der Waals surface area contributed by atoms with E-state index >= 15 is 0 Å². The van der Waals surface area contributed by atoms with Crippen LogP contribution in [0.25, 0.3) is 0 Å². The van der Waals surface area contributed by atoms with Gasteiger partial charge in [-0.15, -0.1) is 0 Å². The Morgan fingerprint density at radius 2 is 1.92 bits per heavy atom. The predicted molar refractivity (Wildman–Crippen MR) is 35.6 cm³/mol. The first-order valence-corrected chi connectivity index (χ1v) is 3.63. The van der Waals surface area contributed by atoms with E-state index in [1.807, 2.05) is 11.9 Å². The van der Waals surface area contributed by atoms with Crippen LogP contribution in [0.3, 0.4) is 0 Å². The third-order valence-electron chi connectivity index (χ3n) is 2.15. The third-order valence-corrected chi connectivity index (χ3v) is 2.15. The Labute approximate surface area is 93.2 Å². The van der Waals surface area contributed by atoms with Crippen molar-refractivity contribution in [2.75, 3.05) is 20.1 Å². The number of carboxylic acids is 1. The Bertz CT molecular complexity index is 169. The molecule has 0 bridgehead atoms. The van der Waals surface area contributed by atoms with E-state index in [-0.39, 0.29) is 42.4 Å². The molecule has 1 rings (SSSR count). The quantitative estimate of drug-likeness (QED) is 0.391. The molecule has 0 atom stereocenters. The molecule has 0 amide bonds. The summed E-state index contributed by atoms with van der Waals surface area (Å²) in [4.78, 5) is 12.2. The minimum Gasteiger partial charge on any atom is -0.547 e. The summed E-state index contributed by atoms with van der Waals surface area (Å²) in [5.74, 6) is -1.56. The molecule has 64 valence electrons. The van der Waals surface area contributed by atoms with E-state index in [1.54, 1.807) is 0 Å². The molecule has 12 heavy (non-hydrogen) atoms. The van der Waals surface area contributed by atoms with Gasteiger partial charge in [0.2, 0.25) is 0 Å². The van der Waals surface area contributed by atoms with Gasteiger partial charge in [-0.3, -0.25) is 0 Å². The molecule has 1 aliphatic heterocycles. The first-order valence-electron chi connectivity index (χ1n) is 3.63. The summed E-state index contributed by atoms with van der Waals surface area (Å²) in [6.45, 7) is 0.981. The maximum atomic E-state index is 13.2. The Morgan fingerprint density at radius 1 is 1.50 bits per heavy atom. The van der Waals surface area contributed by atoms with E-state index in [0.29, 0.717) is 13.1 Å². The molecule has 1 aliphatic rings. The van der Waals surface area contributed by atoms with E-state index in [0.717, 1.165) is 0 Å². The van der Waals surface area contributed by atoms with Crippen molar-refractivity contribution in [3.63, 3.8) is 0 Å². The normalized spacial score (nSPS) is 22.8. The second kappa shape index (κ2) is 4.56. The van der Waals surface area contributed by atoms with Gasteiger partial charge in [-0.2, -0.15) is 0 Å². The van der Waals surface area contributed by atoms with Gasteiger partial charge in [0.1, 0.15) is 0 Å². The number of carbonyl (C=O) groups excluding carboxylic acids is 1. The summed E-state index contributed by atoms with van der Waals surface area (Å²) < 4.78 is 13.2. The largest absolute Gasteiger partial charge is 1.00 e. The standard InChI is InChI=1S/C7H12FNO2.Na/c1-9-4-2-7(8,3-5-9)6(10)11;/h2-5H2,1H3,(H,10,11);/q;+1/p-1. The second-order valence-corrected chi connectivity index (χ2v) is 3.06. The second-order valence-electron chi connectivity index (χ2n) is 3.06. The van der Waals surface area contributed by atoms with Crippen molar-refractivity contribution in [2.24, 2.45) is 0 Å². The molecule has 1 fully saturated rings. The van der Waals surface area contributed by atoms with Gasteiger partial charge < -0.3 is 14.8 Å². The van der Waals surface area contributed by atoms with Crippen LogP contribution in [0.4, 0.5) is 4.39 Å². The third kappa shape index (κ3) is 2.69. The van der Waals surface area contributed by atoms with Crippen LogP contribution >= 0.6 is 0 Å². The summed E-state index contributed by atoms with van der Waals surface area (Å²) in [5.41, 5.74) is -2.08. The molecule has 0 spiro atoms. The van der Waals surface area contributed by atoms with E-state index in [9.17, 15) is 14.3 Å². The Kier molecular flexibility index (Phi) is 4.69. The zero-order valence-electron chi connectivity index (χ0n) is 7.47. The molecule has 0 N–H and O–H groups in total. The molecule has 5 heteroatoms. The number of carboxylic acid groups (broad SMARTS) is 1. The number of rotatable bonds is 1. The van der Waals surface area contributed by atoms with E-state index in [2.05, 4.69) is 0 Å². The van der Waals surface area contributed by atoms with Crippen molar-refractivity contribution >= 4 is 5.97 Å². The fraction of sp³-hybridized carbons (Fsp3) is 0.857. The molecule has 0 aromatic carbocycles. The van der Waals surface area contributed by atoms with Crippen LogP contribution in [-0.4, -0.2) is 36.7 Å². The Hall–Kier alpha value is 0.360. The number of hydrogen-bond acceptors (Lipinski definition) is 3. The minimum absolute atomic E-state index is 0. The number of carbonyl (C=O) groups is 1. The van der Waals surface area contributed by atoms with Gasteiger partial charge in [-0.25, -0.2) is 4.39 Å². The monoisotopic (exact) mass is 183 g/mol. The smallest absolute Gasteiger partial charge is 0.547 e. The summed E-state index contributed by atoms with van der Waals surface area (Å²) in [6.07, 6.45) is 0.0949. The minimum atomic E-state index is -2.08. The van der Waals surface area contributed by atoms with Gasteiger partial charge in [0.15, 0.2) is 5.67 Å². The van der Waals surface area contributed by atoms with Gasteiger partial charge in [-0.05, 0) is 19.9 Å². The van der Waals surface area contributed by atoms with Crippen LogP contribution in [0.1, 0.15) is 12.8 Å². The predicted octanol–water partition coefficient (Wildman–Crippen LogP) is -3.83. The van der Waals surface area contributed by atoms with Gasteiger partial charge in [-0.1, -0.05) is 0 Å². The average Bonchev–Trinajstić information content (AvgIpc) is 1.95. The number of aliphatic carboxylic acids is 1. The summed E-state index contributed by atoms with van der Waals surface area (Å²) in [7, 11) is 1.84. The van der Waals surface area contributed by atoms with Crippen molar-refractivity contribution in [1.82, 2.24) is 4.90 Å². The fourth-order valence-corrected chi connectivity index (χ4v) is 1.18. The summed E-state index contributed by atoms with van der Waals surface area (Å²) >= 11 is 0. The Morgan fingerprint density at radius 3 is 2.25 bits per heavy atom. The van der Waals surface area contributed by atoms with Gasteiger partial charge >= 0.3 is 29.6 Å². The summed E-state index contributed by atoms with van der Waals surface area (Å²) in [6, 6.07) is 0. The molecule has 0 aliphatic carbocycles. The number of nitrogens with zero attached hydrogens (tertiary/aromatic N) is 1. The fourth-order valence-electron chi connectivity index (χ4n) is 1.18. The van der Waals surface area contributed by atoms with Crippen molar-refractivity contribution < 1.29 is 43.8 Å². The maximum Gasteiger partial charge on any atom is 1.00 e. The maximum absolute atomic E-state index is 13.2. The average molecular weight is 183 g/mol. The van der Waals surface area contributed by atoms with E-state index in [1.165, 1.54) is 0 Å². The van der Waals surface area contributed by atoms with E-state index in [4.69, 9.17) is 0 Å². The van der Waals surface area contributed by atoms with Crippen LogP contribution < -0.4 is 34.7 Å². The molecular weight excluding hydrogens is 172 g/mol. The number of halogens is 1. The van der Waals surface area contributed by atoms with Crippen LogP contribution in [0.2, 0.25) is 0 Å². The number of hydrogen-bond donors (Lipinski definition) is 0. The molecule has 0 radical (unpaired) electrons. The molecule has 0 saturated carbocycles. The molecule has 0 aromatic heterocycles. The zero-order valence-corrected chi connectivity index (χ0v) is 9.47. The Balaban J connectivity index is 0.00000121. The van der Waals surface area contributed by atoms with Crippen molar-refractivity contribution in [3.05, 3.63) is 0 Å². The van der Waals surface area contributed by atoms with Gasteiger partial charge in [0.25, 0.3) is 0 Å². The summed E-state index contributed by atoms with van der Waals surface area (Å²) in [5, 5.41) is 10.3. The number of piperidine rings is 1. The van der Waals surface area contributed by atoms with Crippen LogP contribution in [0.15, 0.2) is 0 Å². The first-order chi connectivity index (χ1) is 5.04. The van der Waals surface area contributed by atoms with Crippen LogP contribution in [-0.2, 0) is 4.79 Å². The van der Waals surface area contributed by atoms with Crippen molar-refractivity contribution in [3.8, 4) is 0 Å². The van der Waals surface area contributed by atoms with E-state index < -0.39 is 11.6 Å². The molecule has 0 aromatic rings. The number of likely N-dealkylation sites (tertiary alicyclic amines) is 1. The molecule has 3 nitrogen and oxygen atoms in total. The topological polar surface area (TPSA) is 43.4 Å². The zero-order chi connectivity index (χ0) is 8.48. The molecular formula is C7H11FNNaO2. The van der Waals surface area contributed by atoms with Gasteiger partial charge in [0, 0.05) is 13.1 Å². The number of alkyl halides is 1. The van der Waals surface area contributed by atoms with Crippen LogP contribution in [0, 0.1) is 0 Å². The molecule has 1 saturated heterocycles.